The smallest absolute Gasteiger partial charge is 0.00924 e. The summed E-state index contributed by atoms with van der Waals surface area (Å²) in [7, 11) is 0. The molecule has 1 aromatic carbocycles. The van der Waals surface area contributed by atoms with E-state index in [1.807, 2.05) is 0 Å². The van der Waals surface area contributed by atoms with Crippen molar-refractivity contribution in [2.24, 2.45) is 11.8 Å². The molecule has 1 saturated carbocycles. The van der Waals surface area contributed by atoms with E-state index in [0.29, 0.717) is 0 Å². The standard InChI is InChI=1S/C15H14/c1-2-6-12-10(4-1)8-15-13-7-3-5-11(13)9-14(12)15/h1-2,4,6,8-9,11,13H,3,5,7H2. The number of fused-ring (bicyclic) bond motifs is 5. The molecule has 1 aromatic rings. The predicted molar refractivity (Wildman–Crippen MR) is 63.2 cm³/mol. The van der Waals surface area contributed by atoms with Crippen LogP contribution < -0.4 is 0 Å². The number of benzene rings is 1. The molecular weight excluding hydrogens is 180 g/mol. The first-order chi connectivity index (χ1) is 7.43. The largest absolute Gasteiger partial charge is 0.0726 e. The second-order valence-electron chi connectivity index (χ2n) is 4.97. The van der Waals surface area contributed by atoms with E-state index in [4.69, 9.17) is 0 Å². The van der Waals surface area contributed by atoms with E-state index in [0.717, 1.165) is 11.8 Å². The molecule has 15 heavy (non-hydrogen) atoms. The third-order valence-electron chi connectivity index (χ3n) is 4.22. The maximum Gasteiger partial charge on any atom is -0.00924 e. The second-order valence-corrected chi connectivity index (χ2v) is 4.97. The summed E-state index contributed by atoms with van der Waals surface area (Å²) in [6.45, 7) is 0. The van der Waals surface area contributed by atoms with Crippen molar-refractivity contribution in [3.8, 4) is 0 Å². The van der Waals surface area contributed by atoms with Crippen molar-refractivity contribution in [1.29, 1.82) is 0 Å². The minimum atomic E-state index is 0.854. The molecule has 0 amide bonds. The van der Waals surface area contributed by atoms with Crippen molar-refractivity contribution in [2.75, 3.05) is 0 Å². The summed E-state index contributed by atoms with van der Waals surface area (Å²) in [5.41, 5.74) is 6.10. The highest BCUT2D eigenvalue weighted by Crippen LogP contribution is 2.53. The summed E-state index contributed by atoms with van der Waals surface area (Å²) in [4.78, 5) is 0. The summed E-state index contributed by atoms with van der Waals surface area (Å²) in [5.74, 6) is 1.71. The van der Waals surface area contributed by atoms with Gasteiger partial charge < -0.3 is 0 Å². The topological polar surface area (TPSA) is 0 Å². The number of hydrogen-bond donors (Lipinski definition) is 0. The molecule has 0 aromatic heterocycles. The van der Waals surface area contributed by atoms with Gasteiger partial charge in [-0.05, 0) is 47.0 Å². The fraction of sp³-hybridized carbons (Fsp3) is 0.333. The van der Waals surface area contributed by atoms with Crippen LogP contribution in [0.25, 0.3) is 11.6 Å². The van der Waals surface area contributed by atoms with Gasteiger partial charge in [0.25, 0.3) is 0 Å². The Morgan fingerprint density at radius 1 is 1.07 bits per heavy atom. The molecule has 2 atom stereocenters. The fourth-order valence-corrected chi connectivity index (χ4v) is 3.55. The van der Waals surface area contributed by atoms with Crippen LogP contribution in [-0.4, -0.2) is 0 Å². The van der Waals surface area contributed by atoms with Crippen LogP contribution in [0.2, 0.25) is 0 Å². The van der Waals surface area contributed by atoms with Crippen LogP contribution in [0.1, 0.15) is 30.4 Å². The van der Waals surface area contributed by atoms with Gasteiger partial charge >= 0.3 is 0 Å². The summed E-state index contributed by atoms with van der Waals surface area (Å²) < 4.78 is 0. The van der Waals surface area contributed by atoms with E-state index >= 15 is 0 Å². The van der Waals surface area contributed by atoms with E-state index in [1.54, 1.807) is 11.1 Å². The highest BCUT2D eigenvalue weighted by atomic mass is 14.4. The molecule has 3 aliphatic rings. The fourth-order valence-electron chi connectivity index (χ4n) is 3.55. The lowest BCUT2D eigenvalue weighted by Gasteiger charge is -2.09. The molecule has 4 rings (SSSR count). The lowest BCUT2D eigenvalue weighted by molar-refractivity contribution is 0.567. The normalized spacial score (nSPS) is 30.7. The molecule has 2 unspecified atom stereocenters. The maximum atomic E-state index is 2.54. The molecule has 0 aliphatic heterocycles. The lowest BCUT2D eigenvalue weighted by Crippen LogP contribution is -1.99. The Labute approximate surface area is 90.3 Å². The van der Waals surface area contributed by atoms with Crippen LogP contribution in [0, 0.1) is 11.8 Å². The Balaban J connectivity index is 1.92. The van der Waals surface area contributed by atoms with Crippen molar-refractivity contribution < 1.29 is 0 Å². The van der Waals surface area contributed by atoms with Gasteiger partial charge in [-0.15, -0.1) is 0 Å². The van der Waals surface area contributed by atoms with Crippen molar-refractivity contribution in [1.82, 2.24) is 0 Å². The summed E-state index contributed by atoms with van der Waals surface area (Å²) in [5, 5.41) is 0. The molecule has 1 fully saturated rings. The van der Waals surface area contributed by atoms with Crippen LogP contribution >= 0.6 is 0 Å². The van der Waals surface area contributed by atoms with Gasteiger partial charge in [0.1, 0.15) is 0 Å². The summed E-state index contributed by atoms with van der Waals surface area (Å²) in [6, 6.07) is 8.81. The molecule has 0 saturated heterocycles. The molecule has 0 N–H and O–H groups in total. The van der Waals surface area contributed by atoms with E-state index in [2.05, 4.69) is 36.4 Å². The maximum absolute atomic E-state index is 2.54. The van der Waals surface area contributed by atoms with E-state index in [-0.39, 0.29) is 0 Å². The number of allylic oxidation sites excluding steroid dienone is 3. The van der Waals surface area contributed by atoms with E-state index < -0.39 is 0 Å². The lowest BCUT2D eigenvalue weighted by atomic mass is 9.95. The van der Waals surface area contributed by atoms with Crippen molar-refractivity contribution in [3.05, 3.63) is 47.0 Å². The Morgan fingerprint density at radius 2 is 2.00 bits per heavy atom. The van der Waals surface area contributed by atoms with Crippen molar-refractivity contribution >= 4 is 11.6 Å². The van der Waals surface area contributed by atoms with Crippen LogP contribution in [0.15, 0.2) is 35.9 Å². The van der Waals surface area contributed by atoms with Gasteiger partial charge in [-0.25, -0.2) is 0 Å². The van der Waals surface area contributed by atoms with Gasteiger partial charge in [0, 0.05) is 0 Å². The first-order valence-electron chi connectivity index (χ1n) is 5.97. The summed E-state index contributed by atoms with van der Waals surface area (Å²) in [6.07, 6.45) is 9.21. The van der Waals surface area contributed by atoms with Crippen LogP contribution in [0.4, 0.5) is 0 Å². The number of hydrogen-bond acceptors (Lipinski definition) is 0. The average Bonchev–Trinajstić information content (AvgIpc) is 2.87. The first-order valence-corrected chi connectivity index (χ1v) is 5.97. The van der Waals surface area contributed by atoms with Gasteiger partial charge in [0.15, 0.2) is 0 Å². The predicted octanol–water partition coefficient (Wildman–Crippen LogP) is 3.90. The van der Waals surface area contributed by atoms with Gasteiger partial charge in [-0.2, -0.15) is 0 Å². The van der Waals surface area contributed by atoms with Gasteiger partial charge in [-0.3, -0.25) is 0 Å². The Hall–Kier alpha value is -1.30. The monoisotopic (exact) mass is 194 g/mol. The zero-order chi connectivity index (χ0) is 9.83. The third kappa shape index (κ3) is 0.923. The molecule has 0 spiro atoms. The van der Waals surface area contributed by atoms with Crippen LogP contribution in [0.3, 0.4) is 0 Å². The summed E-state index contributed by atoms with van der Waals surface area (Å²) >= 11 is 0. The van der Waals surface area contributed by atoms with Crippen LogP contribution in [-0.2, 0) is 0 Å². The molecule has 0 heterocycles. The molecule has 0 heteroatoms. The zero-order valence-corrected chi connectivity index (χ0v) is 8.74. The van der Waals surface area contributed by atoms with Crippen molar-refractivity contribution in [3.63, 3.8) is 0 Å². The first kappa shape index (κ1) is 7.92. The molecular formula is C15H14. The highest BCUT2D eigenvalue weighted by molar-refractivity contribution is 5.96. The van der Waals surface area contributed by atoms with Crippen LogP contribution in [0.5, 0.6) is 0 Å². The van der Waals surface area contributed by atoms with E-state index in [1.165, 1.54) is 30.4 Å². The quantitative estimate of drug-likeness (QED) is 0.587. The Morgan fingerprint density at radius 3 is 3.00 bits per heavy atom. The Bertz CT molecular complexity index is 491. The van der Waals surface area contributed by atoms with Gasteiger partial charge in [-0.1, -0.05) is 42.8 Å². The highest BCUT2D eigenvalue weighted by Gasteiger charge is 2.38. The van der Waals surface area contributed by atoms with Gasteiger partial charge in [0.05, 0.1) is 0 Å². The third-order valence-corrected chi connectivity index (χ3v) is 4.22. The average molecular weight is 194 g/mol. The molecule has 0 radical (unpaired) electrons. The van der Waals surface area contributed by atoms with Crippen molar-refractivity contribution in [2.45, 2.75) is 19.3 Å². The number of rotatable bonds is 0. The van der Waals surface area contributed by atoms with E-state index in [9.17, 15) is 0 Å². The molecule has 74 valence electrons. The minimum absolute atomic E-state index is 0.854. The minimum Gasteiger partial charge on any atom is -0.0726 e. The molecule has 0 bridgehead atoms. The second kappa shape index (κ2) is 2.63. The SMILES string of the molecule is C1=C2C(=Cc3ccccc32)C2CCCC12. The molecule has 0 nitrogen and oxygen atoms in total. The van der Waals surface area contributed by atoms with Gasteiger partial charge in [0.2, 0.25) is 0 Å². The Kier molecular flexibility index (Phi) is 1.39. The molecule has 3 aliphatic carbocycles. The zero-order valence-electron chi connectivity index (χ0n) is 8.74.